The van der Waals surface area contributed by atoms with E-state index in [0.717, 1.165) is 23.8 Å². The highest BCUT2D eigenvalue weighted by molar-refractivity contribution is 7.66. The molecule has 0 bridgehead atoms. The lowest BCUT2D eigenvalue weighted by Gasteiger charge is -2.36. The summed E-state index contributed by atoms with van der Waals surface area (Å²) in [5.41, 5.74) is 5.12. The summed E-state index contributed by atoms with van der Waals surface area (Å²) < 4.78 is 66.2. The average Bonchev–Trinajstić information content (AvgIpc) is 1.63. The fraction of sp³-hybridized carbons (Fsp3) is 0.481. The zero-order chi connectivity index (χ0) is 62.9. The Balaban J connectivity index is 0.673. The third-order valence-electron chi connectivity index (χ3n) is 14.2. The second-order valence-corrected chi connectivity index (χ2v) is 25.2. The molecule has 13 N–H and O–H groups in total. The minimum atomic E-state index is -5.80. The van der Waals surface area contributed by atoms with Crippen molar-refractivity contribution in [1.82, 2.24) is 36.1 Å². The number of ether oxygens (including phenoxy) is 3. The van der Waals surface area contributed by atoms with Crippen LogP contribution in [-0.2, 0) is 61.1 Å². The molecule has 4 aromatic rings. The molecule has 7 rings (SSSR count). The van der Waals surface area contributed by atoms with Crippen molar-refractivity contribution >= 4 is 64.8 Å². The van der Waals surface area contributed by atoms with Crippen LogP contribution < -0.4 is 42.7 Å². The van der Waals surface area contributed by atoms with E-state index in [-0.39, 0.29) is 70.8 Å². The van der Waals surface area contributed by atoms with E-state index in [9.17, 15) is 67.3 Å². The third-order valence-corrected chi connectivity index (χ3v) is 18.0. The van der Waals surface area contributed by atoms with Gasteiger partial charge in [0.2, 0.25) is 23.6 Å². The molecule has 5 amide bonds. The Hall–Kier alpha value is -7.07. The van der Waals surface area contributed by atoms with Crippen LogP contribution in [0.5, 0.6) is 23.0 Å². The SMILES string of the molecule is Nc1ccn([C@H]2C[C@H](NC(=O)CCCCCNC(=O)CCCCCNC(=O)CCCCCNC(=O)CCCCCNC(=O)c3ccc4c(c3)C3(OC4=O)c4ccc(O)cc4Oc4cc(O)ccc43)[C@@H](COP(=O)(O)OP(=O)(O)OP(=O)(O)O)O2)c(=O)n1. The van der Waals surface area contributed by atoms with Crippen molar-refractivity contribution in [3.8, 4) is 23.0 Å². The number of anilines is 1. The van der Waals surface area contributed by atoms with Gasteiger partial charge in [0.1, 0.15) is 41.1 Å². The Kier molecular flexibility index (Phi) is 23.8. The highest BCUT2D eigenvalue weighted by Gasteiger charge is 2.54. The Labute approximate surface area is 498 Å². The fourth-order valence-electron chi connectivity index (χ4n) is 10.0. The number of nitrogens with zero attached hydrogens (tertiary/aromatic N) is 2. The van der Waals surface area contributed by atoms with E-state index in [2.05, 4.69) is 40.2 Å². The molecule has 1 fully saturated rings. The summed E-state index contributed by atoms with van der Waals surface area (Å²) in [5.74, 6) is -1.50. The molecule has 0 radical (unpaired) electrons. The molecule has 1 saturated heterocycles. The number of nitrogens with one attached hydrogen (secondary N) is 5. The predicted octanol–water partition coefficient (Wildman–Crippen LogP) is 4.94. The van der Waals surface area contributed by atoms with E-state index in [1.807, 2.05) is 0 Å². The van der Waals surface area contributed by atoms with E-state index in [4.69, 9.17) is 34.3 Å². The van der Waals surface area contributed by atoms with Gasteiger partial charge in [0.05, 0.1) is 18.2 Å². The van der Waals surface area contributed by atoms with Crippen LogP contribution in [0.25, 0.3) is 0 Å². The molecule has 0 aliphatic carbocycles. The zero-order valence-corrected chi connectivity index (χ0v) is 49.9. The van der Waals surface area contributed by atoms with Gasteiger partial charge >= 0.3 is 35.1 Å². The van der Waals surface area contributed by atoms with Crippen LogP contribution in [0.15, 0.2) is 71.7 Å². The van der Waals surface area contributed by atoms with Gasteiger partial charge in [-0.15, -0.1) is 0 Å². The van der Waals surface area contributed by atoms with Crippen LogP contribution in [0.4, 0.5) is 5.82 Å². The number of amides is 5. The Morgan fingerprint density at radius 2 is 1.15 bits per heavy atom. The fourth-order valence-corrected chi connectivity index (χ4v) is 13.1. The van der Waals surface area contributed by atoms with E-state index < -0.39 is 71.6 Å². The minimum absolute atomic E-state index is 0.0245. The minimum Gasteiger partial charge on any atom is -0.508 e. The molecule has 1 aromatic heterocycles. The van der Waals surface area contributed by atoms with Crippen molar-refractivity contribution < 1.29 is 99.6 Å². The highest BCUT2D eigenvalue weighted by Crippen LogP contribution is 2.66. The number of phenols is 2. The standard InChI is InChI=1S/C54H71N8O22P3/c55-45-23-28-62(53(71)61-45)50-32-41(44(81-50)33-79-86(75,76)84-87(77,78)83-85(72,73)74)60-49(68)16-8-4-11-26-58-47(66)14-6-2-9-24-56-46(65)13-5-1-10-25-57-48(67)15-7-3-12-27-59-51(69)34-17-20-37-40(29-34)54(82-52(37)70)38-21-18-35(63)30-42(38)80-43-31-36(64)19-22-39(43)54/h17-23,28-31,41,44,50,63-64H,1-16,24-27,32-33H2,(H,56,65)(H,57,67)(H,58,66)(H,59,69)(H,60,68)(H,75,76)(H,77,78)(H2,55,61,71)(H2,72,73,74)/t41-,44+,50+/m0/s1. The van der Waals surface area contributed by atoms with Crippen molar-refractivity contribution in [3.63, 3.8) is 0 Å². The number of hydrogen-bond acceptors (Lipinski definition) is 20. The molecule has 87 heavy (non-hydrogen) atoms. The lowest BCUT2D eigenvalue weighted by atomic mass is 9.77. The van der Waals surface area contributed by atoms with Crippen molar-refractivity contribution in [3.05, 3.63) is 105 Å². The number of carbonyl (C=O) groups excluding carboxylic acids is 6. The summed E-state index contributed by atoms with van der Waals surface area (Å²) in [7, 11) is -17.0. The average molecular weight is 1280 g/mol. The summed E-state index contributed by atoms with van der Waals surface area (Å²) in [6, 6.07) is 13.9. The highest BCUT2D eigenvalue weighted by atomic mass is 31.3. The molecular weight excluding hydrogens is 1210 g/mol. The molecule has 4 heterocycles. The van der Waals surface area contributed by atoms with Gasteiger partial charge < -0.3 is 76.3 Å². The first-order valence-corrected chi connectivity index (χ1v) is 32.7. The third kappa shape index (κ3) is 19.7. The number of carbonyl (C=O) groups is 6. The number of hydrogen-bond donors (Lipinski definition) is 12. The number of benzene rings is 3. The monoisotopic (exact) mass is 1280 g/mol. The summed E-state index contributed by atoms with van der Waals surface area (Å²) in [4.78, 5) is 130. The number of aromatic hydroxyl groups is 2. The molecule has 3 aliphatic rings. The molecule has 2 unspecified atom stereocenters. The lowest BCUT2D eigenvalue weighted by Crippen LogP contribution is -2.42. The van der Waals surface area contributed by atoms with E-state index in [1.165, 1.54) is 36.5 Å². The predicted molar refractivity (Wildman–Crippen MR) is 306 cm³/mol. The number of esters is 1. The maximum atomic E-state index is 13.3. The van der Waals surface area contributed by atoms with Crippen LogP contribution in [-0.4, -0.2) is 120 Å². The normalized spacial score (nSPS) is 17.7. The van der Waals surface area contributed by atoms with Gasteiger partial charge in [0.25, 0.3) is 5.91 Å². The van der Waals surface area contributed by atoms with Gasteiger partial charge in [-0.3, -0.25) is 33.1 Å². The number of phenolic OH excluding ortho intramolecular Hbond substituents is 2. The maximum Gasteiger partial charge on any atom is 0.490 e. The van der Waals surface area contributed by atoms with Gasteiger partial charge in [-0.2, -0.15) is 13.6 Å². The number of aromatic nitrogens is 2. The van der Waals surface area contributed by atoms with Gasteiger partial charge in [-0.25, -0.2) is 23.3 Å². The van der Waals surface area contributed by atoms with Crippen LogP contribution in [0.1, 0.15) is 153 Å². The first-order valence-electron chi connectivity index (χ1n) is 28.2. The number of nitrogens with two attached hydrogens (primary N) is 1. The van der Waals surface area contributed by atoms with Gasteiger partial charge in [-0.1, -0.05) is 25.7 Å². The quantitative estimate of drug-likeness (QED) is 0.0167. The number of fused-ring (bicyclic) bond motifs is 6. The number of nitrogen functional groups attached to an aromatic ring is 1. The number of phosphoric acid groups is 3. The van der Waals surface area contributed by atoms with Crippen LogP contribution >= 0.6 is 23.5 Å². The second-order valence-electron chi connectivity index (χ2n) is 20.8. The summed E-state index contributed by atoms with van der Waals surface area (Å²) in [5, 5.41) is 34.7. The topological polar surface area (TPSA) is 451 Å². The van der Waals surface area contributed by atoms with E-state index in [0.29, 0.717) is 125 Å². The largest absolute Gasteiger partial charge is 0.508 e. The van der Waals surface area contributed by atoms with E-state index >= 15 is 0 Å². The second kappa shape index (κ2) is 30.7. The molecule has 3 aliphatic heterocycles. The number of rotatable bonds is 34. The molecule has 0 saturated carbocycles. The molecule has 30 nitrogen and oxygen atoms in total. The Bertz CT molecular complexity index is 3310. The van der Waals surface area contributed by atoms with E-state index in [1.54, 1.807) is 30.3 Å². The van der Waals surface area contributed by atoms with Crippen LogP contribution in [0.2, 0.25) is 0 Å². The Morgan fingerprint density at radius 1 is 0.632 bits per heavy atom. The van der Waals surface area contributed by atoms with Crippen molar-refractivity contribution in [2.75, 3.05) is 38.5 Å². The maximum absolute atomic E-state index is 13.3. The first kappa shape index (κ1) is 67.4. The van der Waals surface area contributed by atoms with Crippen LogP contribution in [0, 0.1) is 0 Å². The molecule has 5 atom stereocenters. The smallest absolute Gasteiger partial charge is 0.490 e. The Morgan fingerprint density at radius 3 is 1.67 bits per heavy atom. The van der Waals surface area contributed by atoms with Crippen molar-refractivity contribution in [1.29, 1.82) is 0 Å². The molecule has 3 aromatic carbocycles. The summed E-state index contributed by atoms with van der Waals surface area (Å²) in [6.07, 6.45) is 7.53. The van der Waals surface area contributed by atoms with Gasteiger partial charge in [0, 0.05) is 98.9 Å². The lowest BCUT2D eigenvalue weighted by molar-refractivity contribution is -0.123. The molecule has 474 valence electrons. The van der Waals surface area contributed by atoms with Crippen molar-refractivity contribution in [2.45, 2.75) is 133 Å². The molecule has 1 spiro atoms. The number of phosphoric ester groups is 1. The first-order chi connectivity index (χ1) is 41.3. The molecule has 33 heteroatoms. The van der Waals surface area contributed by atoms with Gasteiger partial charge in [-0.05, 0) is 99.9 Å². The number of unbranched alkanes of at least 4 members (excludes halogenated alkanes) is 8. The van der Waals surface area contributed by atoms with Crippen molar-refractivity contribution in [2.24, 2.45) is 0 Å². The van der Waals surface area contributed by atoms with Gasteiger partial charge in [0.15, 0.2) is 5.60 Å². The summed E-state index contributed by atoms with van der Waals surface area (Å²) in [6.45, 7) is 0.816. The van der Waals surface area contributed by atoms with Crippen LogP contribution in [0.3, 0.4) is 0 Å². The molecular formula is C54H71N8O22P3. The zero-order valence-electron chi connectivity index (χ0n) is 47.2. The summed E-state index contributed by atoms with van der Waals surface area (Å²) >= 11 is 0.